The van der Waals surface area contributed by atoms with Crippen molar-refractivity contribution in [2.24, 2.45) is 0 Å². The van der Waals surface area contributed by atoms with Gasteiger partial charge in [-0.15, -0.1) is 0 Å². The summed E-state index contributed by atoms with van der Waals surface area (Å²) in [7, 11) is 0. The summed E-state index contributed by atoms with van der Waals surface area (Å²) in [4.78, 5) is 38.7. The van der Waals surface area contributed by atoms with Crippen molar-refractivity contribution < 1.29 is 18.5 Å². The quantitative estimate of drug-likeness (QED) is 0.592. The average Bonchev–Trinajstić information content (AvgIpc) is 3.55. The molecule has 3 aromatic rings. The van der Waals surface area contributed by atoms with E-state index in [0.717, 1.165) is 35.4 Å². The highest BCUT2D eigenvalue weighted by atomic mass is 19.1. The monoisotopic (exact) mass is 449 g/mol. The van der Waals surface area contributed by atoms with Crippen LogP contribution in [0.5, 0.6) is 0 Å². The number of hydrogen-bond acceptors (Lipinski definition) is 6. The summed E-state index contributed by atoms with van der Waals surface area (Å²) in [6.07, 6.45) is 2.46. The number of fused-ring (bicyclic) bond motifs is 1. The van der Waals surface area contributed by atoms with Crippen molar-refractivity contribution in [3.8, 4) is 0 Å². The minimum Gasteiger partial charge on any atom is -0.351 e. The number of nitrogens with zero attached hydrogens (tertiary/aromatic N) is 5. The number of aromatic nitrogens is 3. The molecule has 1 aromatic carbocycles. The molecule has 1 saturated heterocycles. The number of carbonyl (C=O) groups is 2. The Balaban J connectivity index is 1.45. The highest BCUT2D eigenvalue weighted by molar-refractivity contribution is 6.00. The number of benzene rings is 1. The molecule has 0 bridgehead atoms. The van der Waals surface area contributed by atoms with Crippen molar-refractivity contribution >= 4 is 17.6 Å². The standard InChI is InChI=1S/C24H24FN5O3/c1-3-17-11-20(33-28-17)24(32)29-10-4-5-19(29)22-26-14(2)18-12-21(31)30(23(18)27-22)13-15-6-8-16(25)9-7-15/h6-9,11,19H,3-5,10,12-13H2,1-2H3/t19-/m1/s1. The van der Waals surface area contributed by atoms with Gasteiger partial charge in [0.25, 0.3) is 5.91 Å². The molecule has 0 unspecified atom stereocenters. The van der Waals surface area contributed by atoms with Crippen LogP contribution < -0.4 is 4.90 Å². The lowest BCUT2D eigenvalue weighted by atomic mass is 10.1. The molecule has 2 aliphatic heterocycles. The van der Waals surface area contributed by atoms with E-state index in [1.807, 2.05) is 13.8 Å². The van der Waals surface area contributed by atoms with Crippen molar-refractivity contribution in [1.82, 2.24) is 20.0 Å². The highest BCUT2D eigenvalue weighted by Crippen LogP contribution is 2.36. The first-order chi connectivity index (χ1) is 15.9. The van der Waals surface area contributed by atoms with E-state index < -0.39 is 0 Å². The lowest BCUT2D eigenvalue weighted by molar-refractivity contribution is -0.117. The molecule has 9 heteroatoms. The van der Waals surface area contributed by atoms with Crippen molar-refractivity contribution in [1.29, 1.82) is 0 Å². The molecule has 8 nitrogen and oxygen atoms in total. The number of hydrogen-bond donors (Lipinski definition) is 0. The Morgan fingerprint density at radius 1 is 1.24 bits per heavy atom. The van der Waals surface area contributed by atoms with E-state index in [-0.39, 0.29) is 35.9 Å². The van der Waals surface area contributed by atoms with Gasteiger partial charge in [-0.25, -0.2) is 14.4 Å². The third kappa shape index (κ3) is 3.88. The van der Waals surface area contributed by atoms with Gasteiger partial charge < -0.3 is 9.42 Å². The lowest BCUT2D eigenvalue weighted by Gasteiger charge is -2.24. The molecule has 170 valence electrons. The van der Waals surface area contributed by atoms with E-state index in [1.165, 1.54) is 12.1 Å². The average molecular weight is 449 g/mol. The summed E-state index contributed by atoms with van der Waals surface area (Å²) in [5, 5.41) is 3.93. The second-order valence-corrected chi connectivity index (χ2v) is 8.45. The molecule has 5 rings (SSSR count). The number of rotatable bonds is 5. The van der Waals surface area contributed by atoms with Crippen molar-refractivity contribution in [3.05, 3.63) is 70.2 Å². The van der Waals surface area contributed by atoms with Crippen LogP contribution in [0.25, 0.3) is 0 Å². The molecular weight excluding hydrogens is 425 g/mol. The van der Waals surface area contributed by atoms with Crippen LogP contribution in [0.4, 0.5) is 10.2 Å². The van der Waals surface area contributed by atoms with Gasteiger partial charge in [0.05, 0.1) is 24.7 Å². The summed E-state index contributed by atoms with van der Waals surface area (Å²) in [5.41, 5.74) is 3.07. The smallest absolute Gasteiger partial charge is 0.293 e. The van der Waals surface area contributed by atoms with E-state index in [4.69, 9.17) is 9.51 Å². The first-order valence-corrected chi connectivity index (χ1v) is 11.1. The van der Waals surface area contributed by atoms with Crippen molar-refractivity contribution in [3.63, 3.8) is 0 Å². The SMILES string of the molecule is CCc1cc(C(=O)N2CCC[C@@H]2c2nc(C)c3c(n2)N(Cc2ccc(F)cc2)C(=O)C3)on1. The van der Waals surface area contributed by atoms with Crippen LogP contribution >= 0.6 is 0 Å². The van der Waals surface area contributed by atoms with E-state index in [1.54, 1.807) is 28.0 Å². The van der Waals surface area contributed by atoms with Crippen LogP contribution in [-0.2, 0) is 24.2 Å². The van der Waals surface area contributed by atoms with Gasteiger partial charge in [-0.2, -0.15) is 0 Å². The fraction of sp³-hybridized carbons (Fsp3) is 0.375. The Bertz CT molecular complexity index is 1220. The van der Waals surface area contributed by atoms with E-state index in [2.05, 4.69) is 10.1 Å². The van der Waals surface area contributed by atoms with Crippen molar-refractivity contribution in [2.75, 3.05) is 11.4 Å². The first-order valence-electron chi connectivity index (χ1n) is 11.1. The van der Waals surface area contributed by atoms with Crippen LogP contribution in [0.15, 0.2) is 34.9 Å². The molecule has 0 saturated carbocycles. The third-order valence-corrected chi connectivity index (χ3v) is 6.29. The predicted octanol–water partition coefficient (Wildman–Crippen LogP) is 3.54. The normalized spacial score (nSPS) is 17.7. The van der Waals surface area contributed by atoms with Gasteiger partial charge in [0.2, 0.25) is 11.7 Å². The molecule has 1 fully saturated rings. The number of anilines is 1. The number of carbonyl (C=O) groups excluding carboxylic acids is 2. The number of halogens is 1. The van der Waals surface area contributed by atoms with Crippen LogP contribution in [0.3, 0.4) is 0 Å². The van der Waals surface area contributed by atoms with Gasteiger partial charge in [-0.3, -0.25) is 14.5 Å². The summed E-state index contributed by atoms with van der Waals surface area (Å²) < 4.78 is 18.6. The Hall–Kier alpha value is -3.62. The molecule has 0 radical (unpaired) electrons. The van der Waals surface area contributed by atoms with Crippen molar-refractivity contribution in [2.45, 2.75) is 52.1 Å². The lowest BCUT2D eigenvalue weighted by Crippen LogP contribution is -2.32. The van der Waals surface area contributed by atoms with Gasteiger partial charge in [0.15, 0.2) is 5.82 Å². The van der Waals surface area contributed by atoms with Gasteiger partial charge in [0.1, 0.15) is 11.6 Å². The van der Waals surface area contributed by atoms with Crippen LogP contribution in [0.2, 0.25) is 0 Å². The molecule has 2 aliphatic rings. The van der Waals surface area contributed by atoms with E-state index in [9.17, 15) is 14.0 Å². The Labute approximate surface area is 190 Å². The Morgan fingerprint density at radius 2 is 2.03 bits per heavy atom. The van der Waals surface area contributed by atoms with Gasteiger partial charge in [0, 0.05) is 23.9 Å². The zero-order valence-corrected chi connectivity index (χ0v) is 18.5. The highest BCUT2D eigenvalue weighted by Gasteiger charge is 2.37. The second-order valence-electron chi connectivity index (χ2n) is 8.45. The maximum Gasteiger partial charge on any atom is 0.293 e. The number of likely N-dealkylation sites (tertiary alicyclic amines) is 1. The molecule has 0 aliphatic carbocycles. The zero-order chi connectivity index (χ0) is 23.1. The molecule has 0 spiro atoms. The topological polar surface area (TPSA) is 92.4 Å². The summed E-state index contributed by atoms with van der Waals surface area (Å²) in [5.74, 6) is 0.675. The molecular formula is C24H24FN5O3. The van der Waals surface area contributed by atoms with Gasteiger partial charge >= 0.3 is 0 Å². The maximum atomic E-state index is 13.3. The van der Waals surface area contributed by atoms with Gasteiger partial charge in [-0.1, -0.05) is 24.2 Å². The summed E-state index contributed by atoms with van der Waals surface area (Å²) >= 11 is 0. The Kier molecular flexibility index (Phi) is 5.39. The van der Waals surface area contributed by atoms with Gasteiger partial charge in [-0.05, 0) is 43.9 Å². The molecule has 2 amide bonds. The molecule has 33 heavy (non-hydrogen) atoms. The van der Waals surface area contributed by atoms with E-state index in [0.29, 0.717) is 31.2 Å². The zero-order valence-electron chi connectivity index (χ0n) is 18.5. The molecule has 2 aromatic heterocycles. The minimum atomic E-state index is -0.323. The second kappa shape index (κ2) is 8.38. The summed E-state index contributed by atoms with van der Waals surface area (Å²) in [6.45, 7) is 4.69. The fourth-order valence-corrected chi connectivity index (χ4v) is 4.48. The fourth-order valence-electron chi connectivity index (χ4n) is 4.48. The molecule has 0 N–H and O–H groups in total. The van der Waals surface area contributed by atoms with E-state index >= 15 is 0 Å². The Morgan fingerprint density at radius 3 is 2.76 bits per heavy atom. The molecule has 1 atom stereocenters. The third-order valence-electron chi connectivity index (χ3n) is 6.29. The van der Waals surface area contributed by atoms with Crippen LogP contribution in [0, 0.1) is 12.7 Å². The number of aryl methyl sites for hydroxylation is 2. The van der Waals surface area contributed by atoms with Crippen LogP contribution in [0.1, 0.15) is 64.7 Å². The number of amides is 2. The maximum absolute atomic E-state index is 13.3. The van der Waals surface area contributed by atoms with Crippen LogP contribution in [-0.4, -0.2) is 38.4 Å². The molecule has 4 heterocycles. The predicted molar refractivity (Wildman–Crippen MR) is 117 cm³/mol. The first kappa shape index (κ1) is 21.2. The largest absolute Gasteiger partial charge is 0.351 e. The summed E-state index contributed by atoms with van der Waals surface area (Å²) in [6, 6.07) is 7.45. The minimum absolute atomic E-state index is 0.0722.